The van der Waals surface area contributed by atoms with Gasteiger partial charge in [0, 0.05) is 19.5 Å². The van der Waals surface area contributed by atoms with Crippen LogP contribution in [0.1, 0.15) is 96.1 Å². The lowest BCUT2D eigenvalue weighted by atomic mass is 9.43. The first-order valence-corrected chi connectivity index (χ1v) is 16.5. The predicted molar refractivity (Wildman–Crippen MR) is 160 cm³/mol. The van der Waals surface area contributed by atoms with Crippen LogP contribution in [0.2, 0.25) is 0 Å². The predicted octanol–water partition coefficient (Wildman–Crippen LogP) is 6.00. The van der Waals surface area contributed by atoms with Gasteiger partial charge in [0.15, 0.2) is 11.5 Å². The molecule has 1 aromatic carbocycles. The molecule has 4 aliphatic carbocycles. The van der Waals surface area contributed by atoms with E-state index in [1.54, 1.807) is 14.2 Å². The Morgan fingerprint density at radius 2 is 1.66 bits per heavy atom. The van der Waals surface area contributed by atoms with Gasteiger partial charge in [-0.25, -0.2) is 0 Å². The molecule has 0 bridgehead atoms. The number of benzene rings is 1. The van der Waals surface area contributed by atoms with E-state index in [4.69, 9.17) is 9.47 Å². The summed E-state index contributed by atoms with van der Waals surface area (Å²) in [6, 6.07) is 4.09. The first-order valence-electron chi connectivity index (χ1n) is 16.5. The molecule has 6 heteroatoms. The molecule has 0 aromatic heterocycles. The fourth-order valence-corrected chi connectivity index (χ4v) is 11.0. The van der Waals surface area contributed by atoms with Gasteiger partial charge in [-0.2, -0.15) is 0 Å². The van der Waals surface area contributed by atoms with E-state index in [1.165, 1.54) is 31.2 Å². The van der Waals surface area contributed by atoms with Crippen molar-refractivity contribution in [1.29, 1.82) is 0 Å². The topological polar surface area (TPSA) is 79.2 Å². The highest BCUT2D eigenvalue weighted by molar-refractivity contribution is 5.76. The van der Waals surface area contributed by atoms with Gasteiger partial charge in [-0.3, -0.25) is 4.79 Å². The van der Waals surface area contributed by atoms with Gasteiger partial charge in [-0.1, -0.05) is 20.8 Å². The minimum Gasteiger partial charge on any atom is -0.493 e. The summed E-state index contributed by atoms with van der Waals surface area (Å²) < 4.78 is 11.0. The second-order valence-corrected chi connectivity index (χ2v) is 15.0. The van der Waals surface area contributed by atoms with Crippen LogP contribution in [0, 0.1) is 46.3 Å². The van der Waals surface area contributed by atoms with Crippen LogP contribution in [0.25, 0.3) is 0 Å². The SMILES string of the molecule is COc1cc2c(cc1OC)CN(C(=O)CC[C@H](C)[C@@H]1CC[C@@H]3[C@H]4[C@H](O)C[C@H]5C[C@@H](O)CC[C@@]5(C)[C@@H]4CC[C@]31C)CC2. The van der Waals surface area contributed by atoms with Crippen LogP contribution in [-0.4, -0.2) is 54.0 Å². The molecular weight excluding hydrogens is 514 g/mol. The van der Waals surface area contributed by atoms with Crippen molar-refractivity contribution in [2.24, 2.45) is 46.3 Å². The van der Waals surface area contributed by atoms with Gasteiger partial charge in [0.2, 0.25) is 5.91 Å². The maximum atomic E-state index is 13.4. The molecule has 228 valence electrons. The standard InChI is InChI=1S/C35H53NO5/c1-21(6-9-32(39)36-15-12-22-16-30(40-4)31(41-5)17-23(22)20-36)26-7-8-27-33-28(11-14-35(26,27)3)34(2)13-10-25(37)18-24(34)19-29(33)38/h16-17,21,24-29,33,37-38H,6-15,18-20H2,1-5H3/t21-,24+,25-,26-,27+,28+,29+,33+,34+,35-/m0/s1. The van der Waals surface area contributed by atoms with Crippen molar-refractivity contribution >= 4 is 5.91 Å². The second-order valence-electron chi connectivity index (χ2n) is 15.0. The molecule has 4 saturated carbocycles. The van der Waals surface area contributed by atoms with Crippen LogP contribution < -0.4 is 9.47 Å². The number of methoxy groups -OCH3 is 2. The average Bonchev–Trinajstić information content (AvgIpc) is 3.32. The number of hydrogen-bond donors (Lipinski definition) is 2. The van der Waals surface area contributed by atoms with E-state index in [-0.39, 0.29) is 28.9 Å². The molecule has 0 unspecified atom stereocenters. The Bertz CT molecular complexity index is 1140. The minimum atomic E-state index is -0.232. The van der Waals surface area contributed by atoms with Crippen molar-refractivity contribution in [1.82, 2.24) is 4.90 Å². The molecule has 41 heavy (non-hydrogen) atoms. The smallest absolute Gasteiger partial charge is 0.222 e. The lowest BCUT2D eigenvalue weighted by Crippen LogP contribution is -2.58. The molecule has 0 saturated heterocycles. The summed E-state index contributed by atoms with van der Waals surface area (Å²) >= 11 is 0. The Balaban J connectivity index is 1.09. The van der Waals surface area contributed by atoms with Crippen molar-refractivity contribution in [2.45, 2.75) is 110 Å². The van der Waals surface area contributed by atoms with Crippen molar-refractivity contribution in [3.8, 4) is 11.5 Å². The van der Waals surface area contributed by atoms with Crippen LogP contribution >= 0.6 is 0 Å². The number of fused-ring (bicyclic) bond motifs is 6. The molecule has 6 nitrogen and oxygen atoms in total. The number of aliphatic hydroxyl groups excluding tert-OH is 2. The summed E-state index contributed by atoms with van der Waals surface area (Å²) in [5.74, 6) is 4.87. The Morgan fingerprint density at radius 3 is 2.39 bits per heavy atom. The van der Waals surface area contributed by atoms with Crippen LogP contribution in [0.5, 0.6) is 11.5 Å². The van der Waals surface area contributed by atoms with E-state index >= 15 is 0 Å². The number of aliphatic hydroxyl groups is 2. The van der Waals surface area contributed by atoms with Gasteiger partial charge in [0.1, 0.15) is 0 Å². The zero-order chi connectivity index (χ0) is 29.1. The third-order valence-electron chi connectivity index (χ3n) is 13.3. The second kappa shape index (κ2) is 11.0. The van der Waals surface area contributed by atoms with E-state index in [0.29, 0.717) is 48.5 Å². The maximum Gasteiger partial charge on any atom is 0.222 e. The van der Waals surface area contributed by atoms with E-state index in [0.717, 1.165) is 62.1 Å². The first-order chi connectivity index (χ1) is 19.6. The lowest BCUT2D eigenvalue weighted by Gasteiger charge is -2.62. The molecule has 5 aliphatic rings. The van der Waals surface area contributed by atoms with E-state index < -0.39 is 0 Å². The van der Waals surface area contributed by atoms with Crippen molar-refractivity contribution in [3.05, 3.63) is 23.3 Å². The van der Waals surface area contributed by atoms with Crippen molar-refractivity contribution in [3.63, 3.8) is 0 Å². The van der Waals surface area contributed by atoms with E-state index in [1.807, 2.05) is 11.0 Å². The van der Waals surface area contributed by atoms with Gasteiger partial charge in [0.05, 0.1) is 26.4 Å². The Labute approximate surface area is 247 Å². The Kier molecular flexibility index (Phi) is 7.89. The number of carbonyl (C=O) groups is 1. The molecule has 0 radical (unpaired) electrons. The highest BCUT2D eigenvalue weighted by atomic mass is 16.5. The highest BCUT2D eigenvalue weighted by Crippen LogP contribution is 2.68. The van der Waals surface area contributed by atoms with Crippen LogP contribution in [0.3, 0.4) is 0 Å². The summed E-state index contributed by atoms with van der Waals surface area (Å²) in [7, 11) is 3.32. The lowest BCUT2D eigenvalue weighted by molar-refractivity contribution is -0.174. The summed E-state index contributed by atoms with van der Waals surface area (Å²) in [6.45, 7) is 8.80. The van der Waals surface area contributed by atoms with Crippen molar-refractivity contribution in [2.75, 3.05) is 20.8 Å². The van der Waals surface area contributed by atoms with Crippen molar-refractivity contribution < 1.29 is 24.5 Å². The van der Waals surface area contributed by atoms with Crippen LogP contribution in [0.4, 0.5) is 0 Å². The van der Waals surface area contributed by atoms with Gasteiger partial charge in [0.25, 0.3) is 0 Å². The third-order valence-corrected chi connectivity index (χ3v) is 13.3. The first kappa shape index (κ1) is 29.3. The fraction of sp³-hybridized carbons (Fsp3) is 0.800. The maximum absolute atomic E-state index is 13.4. The fourth-order valence-electron chi connectivity index (χ4n) is 11.0. The number of amides is 1. The highest BCUT2D eigenvalue weighted by Gasteiger charge is 2.62. The molecule has 1 amide bonds. The molecule has 2 N–H and O–H groups in total. The molecule has 4 fully saturated rings. The quantitative estimate of drug-likeness (QED) is 0.441. The largest absolute Gasteiger partial charge is 0.493 e. The van der Waals surface area contributed by atoms with Crippen LogP contribution in [0.15, 0.2) is 12.1 Å². The number of nitrogens with zero attached hydrogens (tertiary/aromatic N) is 1. The minimum absolute atomic E-state index is 0.184. The zero-order valence-corrected chi connectivity index (χ0v) is 26.0. The number of carbonyl (C=O) groups excluding carboxylic acids is 1. The van der Waals surface area contributed by atoms with Gasteiger partial charge in [-0.15, -0.1) is 0 Å². The number of rotatable bonds is 6. The molecule has 1 aliphatic heterocycles. The summed E-state index contributed by atoms with van der Waals surface area (Å²) in [4.78, 5) is 15.4. The molecule has 6 rings (SSSR count). The van der Waals surface area contributed by atoms with E-state index in [9.17, 15) is 15.0 Å². The van der Waals surface area contributed by atoms with Gasteiger partial charge >= 0.3 is 0 Å². The number of ether oxygens (including phenoxy) is 2. The molecule has 10 atom stereocenters. The third kappa shape index (κ3) is 4.89. The summed E-state index contributed by atoms with van der Waals surface area (Å²) in [6.07, 6.45) is 10.7. The van der Waals surface area contributed by atoms with E-state index in [2.05, 4.69) is 26.8 Å². The normalized spacial score (nSPS) is 40.6. The monoisotopic (exact) mass is 567 g/mol. The number of hydrogen-bond acceptors (Lipinski definition) is 5. The Morgan fingerprint density at radius 1 is 0.976 bits per heavy atom. The van der Waals surface area contributed by atoms with Gasteiger partial charge in [-0.05, 0) is 134 Å². The zero-order valence-electron chi connectivity index (χ0n) is 26.0. The molecule has 0 spiro atoms. The Hall–Kier alpha value is -1.79. The molecular formula is C35H53NO5. The molecule has 1 heterocycles. The van der Waals surface area contributed by atoms with Crippen LogP contribution in [-0.2, 0) is 17.8 Å². The summed E-state index contributed by atoms with van der Waals surface area (Å²) in [5, 5.41) is 21.9. The molecule has 1 aromatic rings. The summed E-state index contributed by atoms with van der Waals surface area (Å²) in [5.41, 5.74) is 2.92. The average molecular weight is 568 g/mol. The van der Waals surface area contributed by atoms with Gasteiger partial charge < -0.3 is 24.6 Å².